The molecule has 5 rings (SSSR count). The maximum atomic E-state index is 12.6. The lowest BCUT2D eigenvalue weighted by Gasteiger charge is -2.54. The summed E-state index contributed by atoms with van der Waals surface area (Å²) in [4.78, 5) is 12.6. The molecular formula is C22H32N2O. The van der Waals surface area contributed by atoms with E-state index >= 15 is 0 Å². The average molecular weight is 341 g/mol. The molecule has 0 aromatic heterocycles. The summed E-state index contributed by atoms with van der Waals surface area (Å²) >= 11 is 0. The highest BCUT2D eigenvalue weighted by atomic mass is 16.1. The molecule has 0 atom stereocenters. The summed E-state index contributed by atoms with van der Waals surface area (Å²) in [5, 5.41) is 6.85. The van der Waals surface area contributed by atoms with Gasteiger partial charge in [-0.1, -0.05) is 32.0 Å². The number of aryl methyl sites for hydroxylation is 2. The zero-order valence-electron chi connectivity index (χ0n) is 15.7. The highest BCUT2D eigenvalue weighted by Gasteiger charge is 2.47. The van der Waals surface area contributed by atoms with Crippen molar-refractivity contribution in [3.8, 4) is 0 Å². The topological polar surface area (TPSA) is 41.1 Å². The van der Waals surface area contributed by atoms with Gasteiger partial charge in [-0.15, -0.1) is 0 Å². The third-order valence-electron chi connectivity index (χ3n) is 6.99. The van der Waals surface area contributed by atoms with Crippen LogP contribution in [-0.2, 0) is 17.6 Å². The Labute approximate surface area is 152 Å². The minimum Gasteiger partial charge on any atom is -0.324 e. The summed E-state index contributed by atoms with van der Waals surface area (Å²) in [6, 6.07) is 6.92. The van der Waals surface area contributed by atoms with Crippen molar-refractivity contribution in [1.29, 1.82) is 0 Å². The molecule has 0 heterocycles. The molecule has 0 aliphatic heterocycles. The zero-order valence-corrected chi connectivity index (χ0v) is 15.7. The first-order valence-electron chi connectivity index (χ1n) is 10.3. The highest BCUT2D eigenvalue weighted by Crippen LogP contribution is 2.53. The number of rotatable bonds is 6. The zero-order chi connectivity index (χ0) is 17.4. The van der Waals surface area contributed by atoms with Gasteiger partial charge in [-0.25, -0.2) is 0 Å². The van der Waals surface area contributed by atoms with Crippen LogP contribution >= 0.6 is 0 Å². The molecule has 1 amide bonds. The molecule has 0 radical (unpaired) electrons. The van der Waals surface area contributed by atoms with E-state index in [1.54, 1.807) is 0 Å². The van der Waals surface area contributed by atoms with Gasteiger partial charge in [-0.3, -0.25) is 4.79 Å². The maximum absolute atomic E-state index is 12.6. The number of hydrogen-bond acceptors (Lipinski definition) is 2. The fraction of sp³-hybridized carbons (Fsp3) is 0.682. The summed E-state index contributed by atoms with van der Waals surface area (Å²) in [6.07, 6.45) is 8.96. The average Bonchev–Trinajstić information content (AvgIpc) is 2.60. The molecule has 136 valence electrons. The second-order valence-electron chi connectivity index (χ2n) is 8.54. The molecular weight excluding hydrogens is 308 g/mol. The first-order chi connectivity index (χ1) is 12.2. The SMILES string of the molecule is CCc1cccc(CC)c1NC(=O)CNC1C2CC3CC(C2)CC1C3. The van der Waals surface area contributed by atoms with Gasteiger partial charge in [0.1, 0.15) is 0 Å². The van der Waals surface area contributed by atoms with Gasteiger partial charge in [0.2, 0.25) is 5.91 Å². The fourth-order valence-electron chi connectivity index (χ4n) is 6.06. The number of benzene rings is 1. The quantitative estimate of drug-likeness (QED) is 0.816. The summed E-state index contributed by atoms with van der Waals surface area (Å²) in [7, 11) is 0. The molecule has 0 unspecified atom stereocenters. The van der Waals surface area contributed by atoms with Crippen LogP contribution in [0.4, 0.5) is 5.69 Å². The van der Waals surface area contributed by atoms with E-state index in [1.165, 1.54) is 43.2 Å². The number of anilines is 1. The number of carbonyl (C=O) groups excluding carboxylic acids is 1. The van der Waals surface area contributed by atoms with Crippen molar-refractivity contribution in [2.24, 2.45) is 23.7 Å². The van der Waals surface area contributed by atoms with Crippen molar-refractivity contribution in [2.75, 3.05) is 11.9 Å². The number of carbonyl (C=O) groups is 1. The van der Waals surface area contributed by atoms with Crippen LogP contribution in [0, 0.1) is 23.7 Å². The van der Waals surface area contributed by atoms with E-state index in [0.29, 0.717) is 12.6 Å². The van der Waals surface area contributed by atoms with Crippen LogP contribution in [0.2, 0.25) is 0 Å². The lowest BCUT2D eigenvalue weighted by atomic mass is 9.54. The van der Waals surface area contributed by atoms with Crippen molar-refractivity contribution in [1.82, 2.24) is 5.32 Å². The number of hydrogen-bond donors (Lipinski definition) is 2. The second-order valence-corrected chi connectivity index (χ2v) is 8.54. The lowest BCUT2D eigenvalue weighted by Crippen LogP contribution is -2.55. The second kappa shape index (κ2) is 7.11. The summed E-state index contributed by atoms with van der Waals surface area (Å²) in [5.74, 6) is 3.72. The Morgan fingerprint density at radius 1 is 0.960 bits per heavy atom. The molecule has 1 aromatic rings. The van der Waals surface area contributed by atoms with Gasteiger partial charge in [-0.05, 0) is 79.7 Å². The summed E-state index contributed by atoms with van der Waals surface area (Å²) in [6.45, 7) is 4.75. The first-order valence-corrected chi connectivity index (χ1v) is 10.3. The lowest BCUT2D eigenvalue weighted by molar-refractivity contribution is -0.116. The van der Waals surface area contributed by atoms with Crippen molar-refractivity contribution in [3.05, 3.63) is 29.3 Å². The van der Waals surface area contributed by atoms with E-state index in [2.05, 4.69) is 42.7 Å². The fourth-order valence-corrected chi connectivity index (χ4v) is 6.06. The van der Waals surface area contributed by atoms with E-state index in [9.17, 15) is 4.79 Å². The molecule has 3 heteroatoms. The van der Waals surface area contributed by atoms with Gasteiger partial charge in [0, 0.05) is 11.7 Å². The van der Waals surface area contributed by atoms with Crippen LogP contribution in [0.1, 0.15) is 57.1 Å². The largest absolute Gasteiger partial charge is 0.324 e. The van der Waals surface area contributed by atoms with E-state index in [1.807, 2.05) is 0 Å². The third-order valence-corrected chi connectivity index (χ3v) is 6.99. The molecule has 4 aliphatic carbocycles. The standard InChI is InChI=1S/C22H32N2O/c1-3-16-6-5-7-17(4-2)22(16)24-20(25)13-23-21-18-9-14-8-15(11-18)12-19(21)10-14/h5-7,14-15,18-19,21,23H,3-4,8-13H2,1-2H3,(H,24,25). The monoisotopic (exact) mass is 340 g/mol. The maximum Gasteiger partial charge on any atom is 0.238 e. The van der Waals surface area contributed by atoms with Gasteiger partial charge < -0.3 is 10.6 Å². The van der Waals surface area contributed by atoms with Gasteiger partial charge in [0.25, 0.3) is 0 Å². The van der Waals surface area contributed by atoms with E-state index in [4.69, 9.17) is 0 Å². The molecule has 4 bridgehead atoms. The Balaban J connectivity index is 1.37. The van der Waals surface area contributed by atoms with Crippen molar-refractivity contribution in [2.45, 2.75) is 64.8 Å². The molecule has 0 saturated heterocycles. The predicted molar refractivity (Wildman–Crippen MR) is 103 cm³/mol. The van der Waals surface area contributed by atoms with Crippen LogP contribution in [0.15, 0.2) is 18.2 Å². The van der Waals surface area contributed by atoms with Crippen LogP contribution in [0.25, 0.3) is 0 Å². The number of para-hydroxylation sites is 1. The Morgan fingerprint density at radius 2 is 1.52 bits per heavy atom. The first kappa shape index (κ1) is 17.1. The van der Waals surface area contributed by atoms with Crippen molar-refractivity contribution >= 4 is 11.6 Å². The molecule has 0 spiro atoms. The number of nitrogens with one attached hydrogen (secondary N) is 2. The Hall–Kier alpha value is -1.35. The Kier molecular flexibility index (Phi) is 4.86. The minimum absolute atomic E-state index is 0.115. The summed E-state index contributed by atoms with van der Waals surface area (Å²) < 4.78 is 0. The predicted octanol–water partition coefficient (Wildman–Crippen LogP) is 4.16. The van der Waals surface area contributed by atoms with Crippen LogP contribution in [-0.4, -0.2) is 18.5 Å². The molecule has 4 fully saturated rings. The van der Waals surface area contributed by atoms with Crippen LogP contribution < -0.4 is 10.6 Å². The summed E-state index contributed by atoms with van der Waals surface area (Å²) in [5.41, 5.74) is 3.52. The van der Waals surface area contributed by atoms with Gasteiger partial charge >= 0.3 is 0 Å². The van der Waals surface area contributed by atoms with Gasteiger partial charge in [-0.2, -0.15) is 0 Å². The van der Waals surface area contributed by atoms with Gasteiger partial charge in [0.05, 0.1) is 6.54 Å². The molecule has 4 aliphatic rings. The van der Waals surface area contributed by atoms with E-state index in [-0.39, 0.29) is 5.91 Å². The van der Waals surface area contributed by atoms with Gasteiger partial charge in [0.15, 0.2) is 0 Å². The Morgan fingerprint density at radius 3 is 2.04 bits per heavy atom. The van der Waals surface area contributed by atoms with Crippen molar-refractivity contribution < 1.29 is 4.79 Å². The highest BCUT2D eigenvalue weighted by molar-refractivity contribution is 5.93. The molecule has 4 saturated carbocycles. The van der Waals surface area contributed by atoms with E-state index < -0.39 is 0 Å². The van der Waals surface area contributed by atoms with Crippen LogP contribution in [0.5, 0.6) is 0 Å². The molecule has 25 heavy (non-hydrogen) atoms. The Bertz CT molecular complexity index is 589. The van der Waals surface area contributed by atoms with Crippen LogP contribution in [0.3, 0.4) is 0 Å². The molecule has 1 aromatic carbocycles. The minimum atomic E-state index is 0.115. The molecule has 3 nitrogen and oxygen atoms in total. The van der Waals surface area contributed by atoms with E-state index in [0.717, 1.165) is 42.2 Å². The third kappa shape index (κ3) is 3.36. The molecule has 2 N–H and O–H groups in total. The van der Waals surface area contributed by atoms with Crippen molar-refractivity contribution in [3.63, 3.8) is 0 Å². The normalized spacial score (nSPS) is 32.8. The number of amides is 1. The smallest absolute Gasteiger partial charge is 0.238 e.